The lowest BCUT2D eigenvalue weighted by Gasteiger charge is -2.35. The van der Waals surface area contributed by atoms with Crippen molar-refractivity contribution in [1.29, 1.82) is 0 Å². The van der Waals surface area contributed by atoms with Crippen LogP contribution >= 0.6 is 0 Å². The van der Waals surface area contributed by atoms with Crippen LogP contribution < -0.4 is 5.32 Å². The second-order valence-electron chi connectivity index (χ2n) is 7.74. The van der Waals surface area contributed by atoms with Crippen molar-refractivity contribution in [3.63, 3.8) is 0 Å². The van der Waals surface area contributed by atoms with Crippen molar-refractivity contribution < 1.29 is 18.9 Å². The first-order valence-electron chi connectivity index (χ1n) is 10.1. The van der Waals surface area contributed by atoms with E-state index in [1.165, 1.54) is 4.90 Å². The number of rotatable bonds is 6. The lowest BCUT2D eigenvalue weighted by atomic mass is 9.81. The molecule has 1 aliphatic carbocycles. The van der Waals surface area contributed by atoms with Crippen molar-refractivity contribution >= 4 is 17.7 Å². The van der Waals surface area contributed by atoms with Gasteiger partial charge in [-0.1, -0.05) is 36.6 Å². The van der Waals surface area contributed by atoms with Crippen LogP contribution in [0.2, 0.25) is 0 Å². The number of carbonyl (C=O) groups is 3. The molecular weight excluding hydrogens is 372 g/mol. The first kappa shape index (κ1) is 19.3. The van der Waals surface area contributed by atoms with Gasteiger partial charge in [0.05, 0.1) is 11.1 Å². The van der Waals surface area contributed by atoms with Gasteiger partial charge in [0, 0.05) is 19.9 Å². The van der Waals surface area contributed by atoms with Gasteiger partial charge < -0.3 is 9.84 Å². The van der Waals surface area contributed by atoms with E-state index in [9.17, 15) is 14.4 Å². The fourth-order valence-electron chi connectivity index (χ4n) is 4.22. The molecule has 0 saturated heterocycles. The molecule has 1 N–H and O–H groups in total. The van der Waals surface area contributed by atoms with Crippen LogP contribution in [0.1, 0.15) is 77.4 Å². The van der Waals surface area contributed by atoms with Crippen LogP contribution in [0.4, 0.5) is 0 Å². The van der Waals surface area contributed by atoms with Crippen LogP contribution in [-0.2, 0) is 10.3 Å². The number of carbonyl (C=O) groups excluding carboxylic acids is 3. The van der Waals surface area contributed by atoms with Crippen LogP contribution in [0.25, 0.3) is 0 Å². The average molecular weight is 396 g/mol. The normalized spacial score (nSPS) is 18.0. The molecule has 1 fully saturated rings. The van der Waals surface area contributed by atoms with Gasteiger partial charge in [-0.25, -0.2) is 0 Å². The van der Waals surface area contributed by atoms with Crippen LogP contribution in [0, 0.1) is 6.92 Å². The molecule has 2 aromatic rings. The Hall–Kier alpha value is -3.03. The summed E-state index contributed by atoms with van der Waals surface area (Å²) in [6.45, 7) is 1.95. The molecule has 1 aromatic heterocycles. The van der Waals surface area contributed by atoms with E-state index in [2.05, 4.69) is 15.5 Å². The molecule has 3 amide bonds. The number of imide groups is 1. The average Bonchev–Trinajstić information content (AvgIpc) is 3.27. The van der Waals surface area contributed by atoms with Crippen LogP contribution in [0.5, 0.6) is 0 Å². The third-order valence-corrected chi connectivity index (χ3v) is 5.71. The number of nitrogens with one attached hydrogen (secondary N) is 1. The highest BCUT2D eigenvalue weighted by molar-refractivity contribution is 6.21. The van der Waals surface area contributed by atoms with Crippen molar-refractivity contribution in [2.24, 2.45) is 0 Å². The van der Waals surface area contributed by atoms with Gasteiger partial charge in [-0.05, 0) is 31.4 Å². The zero-order valence-electron chi connectivity index (χ0n) is 16.4. The predicted octanol–water partition coefficient (Wildman–Crippen LogP) is 2.73. The number of hydrogen-bond acceptors (Lipinski definition) is 6. The van der Waals surface area contributed by atoms with Gasteiger partial charge in [-0.15, -0.1) is 0 Å². The van der Waals surface area contributed by atoms with E-state index in [4.69, 9.17) is 4.52 Å². The summed E-state index contributed by atoms with van der Waals surface area (Å²) in [4.78, 5) is 43.1. The molecule has 2 heterocycles. The fraction of sp³-hybridized carbons (Fsp3) is 0.476. The lowest BCUT2D eigenvalue weighted by molar-refractivity contribution is -0.124. The van der Waals surface area contributed by atoms with Crippen LogP contribution in [0.15, 0.2) is 28.8 Å². The number of aromatic nitrogens is 2. The summed E-state index contributed by atoms with van der Waals surface area (Å²) in [5, 5.41) is 7.17. The maximum absolute atomic E-state index is 12.7. The van der Waals surface area contributed by atoms with Gasteiger partial charge in [-0.3, -0.25) is 19.3 Å². The quantitative estimate of drug-likeness (QED) is 0.753. The molecule has 1 saturated carbocycles. The van der Waals surface area contributed by atoms with E-state index >= 15 is 0 Å². The van der Waals surface area contributed by atoms with Gasteiger partial charge in [0.15, 0.2) is 5.82 Å². The van der Waals surface area contributed by atoms with Gasteiger partial charge in [0.1, 0.15) is 5.54 Å². The number of nitrogens with zero attached hydrogens (tertiary/aromatic N) is 3. The number of amides is 3. The minimum absolute atomic E-state index is 0.133. The summed E-state index contributed by atoms with van der Waals surface area (Å²) < 4.78 is 5.13. The number of fused-ring (bicyclic) bond motifs is 1. The second kappa shape index (κ2) is 7.77. The Labute approximate surface area is 168 Å². The molecule has 1 aromatic carbocycles. The maximum Gasteiger partial charge on any atom is 0.261 e. The van der Waals surface area contributed by atoms with Crippen molar-refractivity contribution in [2.45, 2.75) is 57.4 Å². The Morgan fingerprint density at radius 1 is 1.14 bits per heavy atom. The summed E-state index contributed by atoms with van der Waals surface area (Å²) in [5.41, 5.74) is 0.258. The molecule has 8 nitrogen and oxygen atoms in total. The Bertz CT molecular complexity index is 911. The molecular formula is C21H24N4O4. The molecule has 0 radical (unpaired) electrons. The number of aryl methyl sites for hydroxylation is 1. The first-order chi connectivity index (χ1) is 14.0. The highest BCUT2D eigenvalue weighted by atomic mass is 16.5. The summed E-state index contributed by atoms with van der Waals surface area (Å²) in [6, 6.07) is 6.79. The van der Waals surface area contributed by atoms with Crippen molar-refractivity contribution in [3.8, 4) is 0 Å². The third-order valence-electron chi connectivity index (χ3n) is 5.71. The largest absolute Gasteiger partial charge is 0.343 e. The van der Waals surface area contributed by atoms with Gasteiger partial charge in [0.25, 0.3) is 11.8 Å². The van der Waals surface area contributed by atoms with E-state index in [0.29, 0.717) is 29.3 Å². The van der Waals surface area contributed by atoms with Crippen molar-refractivity contribution in [2.75, 3.05) is 6.54 Å². The third kappa shape index (κ3) is 3.66. The lowest BCUT2D eigenvalue weighted by Crippen LogP contribution is -2.48. The monoisotopic (exact) mass is 396 g/mol. The molecule has 8 heteroatoms. The summed E-state index contributed by atoms with van der Waals surface area (Å²) in [6.07, 6.45) is 5.26. The smallest absolute Gasteiger partial charge is 0.261 e. The van der Waals surface area contributed by atoms with E-state index in [1.54, 1.807) is 31.2 Å². The SMILES string of the molecule is Cc1nc(C2(NC(=O)CCCN3C(=O)c4ccccc4C3=O)CCCCC2)no1. The number of benzene rings is 1. The maximum atomic E-state index is 12.7. The summed E-state index contributed by atoms with van der Waals surface area (Å²) in [5.74, 6) is 0.285. The topological polar surface area (TPSA) is 105 Å². The van der Waals surface area contributed by atoms with Gasteiger partial charge in [0.2, 0.25) is 11.8 Å². The summed E-state index contributed by atoms with van der Waals surface area (Å²) in [7, 11) is 0. The Morgan fingerprint density at radius 3 is 2.38 bits per heavy atom. The van der Waals surface area contributed by atoms with E-state index in [-0.39, 0.29) is 30.7 Å². The summed E-state index contributed by atoms with van der Waals surface area (Å²) >= 11 is 0. The fourth-order valence-corrected chi connectivity index (χ4v) is 4.22. The Kier molecular flexibility index (Phi) is 5.17. The molecule has 29 heavy (non-hydrogen) atoms. The Morgan fingerprint density at radius 2 is 1.79 bits per heavy atom. The zero-order chi connectivity index (χ0) is 20.4. The molecule has 0 bridgehead atoms. The molecule has 0 atom stereocenters. The number of hydrogen-bond donors (Lipinski definition) is 1. The van der Waals surface area contributed by atoms with Crippen LogP contribution in [-0.4, -0.2) is 39.3 Å². The minimum Gasteiger partial charge on any atom is -0.343 e. The second-order valence-corrected chi connectivity index (χ2v) is 7.74. The molecule has 4 rings (SSSR count). The van der Waals surface area contributed by atoms with E-state index in [0.717, 1.165) is 32.1 Å². The highest BCUT2D eigenvalue weighted by Crippen LogP contribution is 2.35. The van der Waals surface area contributed by atoms with Crippen molar-refractivity contribution in [1.82, 2.24) is 20.4 Å². The minimum atomic E-state index is -0.595. The molecule has 2 aliphatic rings. The first-order valence-corrected chi connectivity index (χ1v) is 10.1. The van der Waals surface area contributed by atoms with Gasteiger partial charge >= 0.3 is 0 Å². The molecule has 0 unspecified atom stereocenters. The Balaban J connectivity index is 1.36. The molecule has 0 spiro atoms. The molecule has 152 valence electrons. The highest BCUT2D eigenvalue weighted by Gasteiger charge is 2.40. The van der Waals surface area contributed by atoms with Crippen LogP contribution in [0.3, 0.4) is 0 Å². The van der Waals surface area contributed by atoms with E-state index in [1.807, 2.05) is 0 Å². The standard InChI is InChI=1S/C21H24N4O4/c1-14-22-20(24-29-14)21(11-5-2-6-12-21)23-17(26)10-7-13-25-18(27)15-8-3-4-9-16(15)19(25)28/h3-4,8-9H,2,5-7,10-13H2,1H3,(H,23,26). The van der Waals surface area contributed by atoms with Crippen molar-refractivity contribution in [3.05, 3.63) is 47.1 Å². The predicted molar refractivity (Wildman–Crippen MR) is 103 cm³/mol. The molecule has 1 aliphatic heterocycles. The zero-order valence-corrected chi connectivity index (χ0v) is 16.4. The van der Waals surface area contributed by atoms with E-state index < -0.39 is 5.54 Å². The van der Waals surface area contributed by atoms with Gasteiger partial charge in [-0.2, -0.15) is 4.98 Å².